The smallest absolute Gasteiger partial charge is 0.267 e. The van der Waals surface area contributed by atoms with Gasteiger partial charge in [-0.3, -0.25) is 19.9 Å². The van der Waals surface area contributed by atoms with E-state index < -0.39 is 10.8 Å². The largest absolute Gasteiger partial charge is 0.271 e. The van der Waals surface area contributed by atoms with Crippen molar-refractivity contribution in [3.05, 3.63) is 107 Å². The molecule has 0 saturated carbocycles. The summed E-state index contributed by atoms with van der Waals surface area (Å²) < 4.78 is 1.73. The molecule has 0 radical (unpaired) electrons. The van der Waals surface area contributed by atoms with Crippen LogP contribution in [0.4, 0.5) is 5.69 Å². The van der Waals surface area contributed by atoms with Crippen molar-refractivity contribution in [3.8, 4) is 16.9 Å². The number of non-ortho nitro benzene ring substituents is 1. The van der Waals surface area contributed by atoms with Gasteiger partial charge < -0.3 is 0 Å². The molecule has 31 heavy (non-hydrogen) atoms. The van der Waals surface area contributed by atoms with E-state index in [4.69, 9.17) is 0 Å². The summed E-state index contributed by atoms with van der Waals surface area (Å²) in [5.74, 6) is -0.480. The predicted octanol–water partition coefficient (Wildman–Crippen LogP) is 3.61. The van der Waals surface area contributed by atoms with Crippen molar-refractivity contribution >= 4 is 17.8 Å². The minimum absolute atomic E-state index is 0.0876. The number of amides is 1. The number of nitrogens with zero attached hydrogens (tertiary/aromatic N) is 5. The maximum Gasteiger partial charge on any atom is 0.271 e. The van der Waals surface area contributed by atoms with Crippen LogP contribution in [0.2, 0.25) is 0 Å². The Hall–Kier alpha value is -4.66. The summed E-state index contributed by atoms with van der Waals surface area (Å²) in [6, 6.07) is 18.6. The summed E-state index contributed by atoms with van der Waals surface area (Å²) in [7, 11) is 0. The monoisotopic (exact) mass is 412 g/mol. The molecule has 0 saturated heterocycles. The molecule has 4 rings (SSSR count). The van der Waals surface area contributed by atoms with Gasteiger partial charge in [0.15, 0.2) is 0 Å². The average Bonchev–Trinajstić information content (AvgIpc) is 3.24. The van der Waals surface area contributed by atoms with Crippen molar-refractivity contribution in [2.45, 2.75) is 0 Å². The third-order valence-corrected chi connectivity index (χ3v) is 4.43. The topological polar surface area (TPSA) is 115 Å². The molecule has 0 aliphatic heterocycles. The average molecular weight is 412 g/mol. The number of benzene rings is 2. The van der Waals surface area contributed by atoms with Gasteiger partial charge in [-0.25, -0.2) is 10.1 Å². The number of nitro benzene ring substituents is 1. The zero-order valence-electron chi connectivity index (χ0n) is 16.1. The molecule has 9 nitrogen and oxygen atoms in total. The summed E-state index contributed by atoms with van der Waals surface area (Å²) in [4.78, 5) is 26.5. The van der Waals surface area contributed by atoms with Gasteiger partial charge in [0.05, 0.1) is 16.8 Å². The maximum atomic E-state index is 12.3. The number of hydrogen-bond donors (Lipinski definition) is 1. The van der Waals surface area contributed by atoms with E-state index in [1.54, 1.807) is 17.1 Å². The lowest BCUT2D eigenvalue weighted by molar-refractivity contribution is -0.384. The first-order valence-electron chi connectivity index (χ1n) is 9.25. The lowest BCUT2D eigenvalue weighted by atomic mass is 10.1. The van der Waals surface area contributed by atoms with Crippen LogP contribution in [0.1, 0.15) is 15.9 Å². The van der Waals surface area contributed by atoms with E-state index >= 15 is 0 Å². The summed E-state index contributed by atoms with van der Waals surface area (Å²) in [5, 5.41) is 19.4. The molecule has 4 aromatic rings. The fourth-order valence-corrected chi connectivity index (χ4v) is 2.89. The molecule has 1 amide bonds. The van der Waals surface area contributed by atoms with Gasteiger partial charge in [0.2, 0.25) is 0 Å². The highest BCUT2D eigenvalue weighted by Crippen LogP contribution is 2.22. The Morgan fingerprint density at radius 2 is 1.74 bits per heavy atom. The van der Waals surface area contributed by atoms with Gasteiger partial charge in [0, 0.05) is 47.4 Å². The molecule has 0 aliphatic rings. The van der Waals surface area contributed by atoms with Crippen LogP contribution < -0.4 is 5.43 Å². The van der Waals surface area contributed by atoms with Crippen molar-refractivity contribution in [2.75, 3.05) is 0 Å². The SMILES string of the molecule is O=C(N/N=C\c1cn(-c2ccccc2)nc1-c1ccncc1)c1ccc([N+](=O)[O-])cc1. The van der Waals surface area contributed by atoms with Crippen LogP contribution in [0.25, 0.3) is 16.9 Å². The van der Waals surface area contributed by atoms with Gasteiger partial charge in [-0.1, -0.05) is 18.2 Å². The highest BCUT2D eigenvalue weighted by molar-refractivity contribution is 5.95. The lowest BCUT2D eigenvalue weighted by Gasteiger charge is -2.00. The first-order chi connectivity index (χ1) is 15.1. The number of nitrogens with one attached hydrogen (secondary N) is 1. The molecular formula is C22H16N6O3. The standard InChI is InChI=1S/C22H16N6O3/c29-22(17-6-8-20(9-7-17)28(30)31)25-24-14-18-15-27(19-4-2-1-3-5-19)26-21(18)16-10-12-23-13-11-16/h1-15H,(H,25,29)/b24-14-. The highest BCUT2D eigenvalue weighted by atomic mass is 16.6. The van der Waals surface area contributed by atoms with Crippen LogP contribution in [0.15, 0.2) is 90.4 Å². The number of hydrazone groups is 1. The Labute approximate surface area is 176 Å². The van der Waals surface area contributed by atoms with Gasteiger partial charge in [-0.2, -0.15) is 10.2 Å². The number of hydrogen-bond acceptors (Lipinski definition) is 6. The molecule has 9 heteroatoms. The van der Waals surface area contributed by atoms with Crippen molar-refractivity contribution < 1.29 is 9.72 Å². The second-order valence-corrected chi connectivity index (χ2v) is 6.45. The Bertz CT molecular complexity index is 1240. The lowest BCUT2D eigenvalue weighted by Crippen LogP contribution is -2.17. The molecule has 2 aromatic heterocycles. The van der Waals surface area contributed by atoms with Crippen LogP contribution in [0.5, 0.6) is 0 Å². The number of carbonyl (C=O) groups excluding carboxylic acids is 1. The number of para-hydroxylation sites is 1. The van der Waals surface area contributed by atoms with E-state index in [0.29, 0.717) is 11.3 Å². The first-order valence-corrected chi connectivity index (χ1v) is 9.25. The molecule has 0 aliphatic carbocycles. The third kappa shape index (κ3) is 4.51. The van der Waals surface area contributed by atoms with Crippen LogP contribution in [0.3, 0.4) is 0 Å². The number of nitro groups is 1. The molecule has 0 bridgehead atoms. The normalized spacial score (nSPS) is 10.8. The summed E-state index contributed by atoms with van der Waals surface area (Å²) in [6.45, 7) is 0. The second-order valence-electron chi connectivity index (χ2n) is 6.45. The first kappa shape index (κ1) is 19.6. The number of aromatic nitrogens is 3. The maximum absolute atomic E-state index is 12.3. The number of carbonyl (C=O) groups is 1. The number of rotatable bonds is 6. The summed E-state index contributed by atoms with van der Waals surface area (Å²) in [6.07, 6.45) is 6.67. The van der Waals surface area contributed by atoms with Gasteiger partial charge >= 0.3 is 0 Å². The van der Waals surface area contributed by atoms with Crippen LogP contribution in [-0.4, -0.2) is 31.8 Å². The van der Waals surface area contributed by atoms with E-state index in [9.17, 15) is 14.9 Å². The van der Waals surface area contributed by atoms with Gasteiger partial charge in [-0.05, 0) is 36.4 Å². The molecule has 0 unspecified atom stereocenters. The van der Waals surface area contributed by atoms with Crippen LogP contribution >= 0.6 is 0 Å². The molecule has 2 heterocycles. The quantitative estimate of drug-likeness (QED) is 0.295. The Balaban J connectivity index is 1.58. The molecule has 2 aromatic carbocycles. The van der Waals surface area contributed by atoms with Crippen molar-refractivity contribution in [1.82, 2.24) is 20.2 Å². The van der Waals surface area contributed by atoms with E-state index in [2.05, 4.69) is 20.6 Å². The Morgan fingerprint density at radius 3 is 2.42 bits per heavy atom. The van der Waals surface area contributed by atoms with Crippen molar-refractivity contribution in [2.24, 2.45) is 5.10 Å². The van der Waals surface area contributed by atoms with Crippen LogP contribution in [0, 0.1) is 10.1 Å². The van der Waals surface area contributed by atoms with Gasteiger partial charge in [0.1, 0.15) is 5.69 Å². The molecule has 0 fully saturated rings. The number of pyridine rings is 1. The molecule has 0 spiro atoms. The fourth-order valence-electron chi connectivity index (χ4n) is 2.89. The minimum Gasteiger partial charge on any atom is -0.267 e. The predicted molar refractivity (Wildman–Crippen MR) is 115 cm³/mol. The Kier molecular flexibility index (Phi) is 5.57. The summed E-state index contributed by atoms with van der Waals surface area (Å²) >= 11 is 0. The molecule has 152 valence electrons. The fraction of sp³-hybridized carbons (Fsp3) is 0. The molecule has 0 atom stereocenters. The van der Waals surface area contributed by atoms with E-state index in [0.717, 1.165) is 11.3 Å². The van der Waals surface area contributed by atoms with E-state index in [1.807, 2.05) is 48.7 Å². The van der Waals surface area contributed by atoms with Gasteiger partial charge in [0.25, 0.3) is 11.6 Å². The Morgan fingerprint density at radius 1 is 1.03 bits per heavy atom. The molecular weight excluding hydrogens is 396 g/mol. The zero-order chi connectivity index (χ0) is 21.6. The van der Waals surface area contributed by atoms with Crippen LogP contribution in [-0.2, 0) is 0 Å². The highest BCUT2D eigenvalue weighted by Gasteiger charge is 2.12. The van der Waals surface area contributed by atoms with E-state index in [-0.39, 0.29) is 11.3 Å². The third-order valence-electron chi connectivity index (χ3n) is 4.43. The van der Waals surface area contributed by atoms with E-state index in [1.165, 1.54) is 30.5 Å². The second kappa shape index (κ2) is 8.78. The molecule has 1 N–H and O–H groups in total. The van der Waals surface area contributed by atoms with Gasteiger partial charge in [-0.15, -0.1) is 0 Å². The summed E-state index contributed by atoms with van der Waals surface area (Å²) in [5.41, 5.74) is 5.72. The van der Waals surface area contributed by atoms with Crippen molar-refractivity contribution in [1.29, 1.82) is 0 Å². The van der Waals surface area contributed by atoms with Crippen molar-refractivity contribution in [3.63, 3.8) is 0 Å². The minimum atomic E-state index is -0.523. The zero-order valence-corrected chi connectivity index (χ0v) is 16.1.